The van der Waals surface area contributed by atoms with Crippen LogP contribution in [0.2, 0.25) is 0 Å². The van der Waals surface area contributed by atoms with E-state index in [4.69, 9.17) is 15.6 Å². The van der Waals surface area contributed by atoms with Crippen LogP contribution in [0.25, 0.3) is 22.2 Å². The molecule has 37 heavy (non-hydrogen) atoms. The molecule has 3 fully saturated rings. The summed E-state index contributed by atoms with van der Waals surface area (Å²) in [5, 5.41) is 9.61. The standard InChI is InChI=1S/C31H32N4O2/c32-31(36)23-9-14-29-28(15-23)30(34-35(29)18-19-1-3-20(4-2-19)21-5-6-21)22-7-12-26(13-8-22)37-27-16-24-10-11-25(17-27)33-24/h1-4,7-9,12-15,21,24-25,27,33H,5-6,10-11,16-18H2,(H2,32,36). The summed E-state index contributed by atoms with van der Waals surface area (Å²) >= 11 is 0. The van der Waals surface area contributed by atoms with E-state index in [2.05, 4.69) is 41.7 Å². The number of ether oxygens (including phenoxy) is 1. The molecule has 1 aliphatic carbocycles. The number of aromatic nitrogens is 2. The van der Waals surface area contributed by atoms with Crippen LogP contribution in [-0.2, 0) is 6.54 Å². The van der Waals surface area contributed by atoms with Crippen molar-refractivity contribution in [3.05, 3.63) is 83.4 Å². The quantitative estimate of drug-likeness (QED) is 0.362. The molecule has 3 N–H and O–H groups in total. The molecule has 188 valence electrons. The Kier molecular flexibility index (Phi) is 5.50. The number of nitrogens with one attached hydrogen (secondary N) is 1. The van der Waals surface area contributed by atoms with E-state index in [9.17, 15) is 4.79 Å². The van der Waals surface area contributed by atoms with Crippen LogP contribution < -0.4 is 15.8 Å². The highest BCUT2D eigenvalue weighted by Gasteiger charge is 2.34. The third kappa shape index (κ3) is 4.51. The first kappa shape index (κ1) is 22.5. The number of carbonyl (C=O) groups is 1. The third-order valence-electron chi connectivity index (χ3n) is 8.26. The SMILES string of the molecule is NC(=O)c1ccc2c(c1)c(-c1ccc(OC3CC4CCC(C3)N4)cc1)nn2Cc1ccc(C2CC2)cc1. The highest BCUT2D eigenvalue weighted by molar-refractivity contribution is 6.01. The summed E-state index contributed by atoms with van der Waals surface area (Å²) in [6.45, 7) is 0.663. The minimum Gasteiger partial charge on any atom is -0.490 e. The first-order valence-corrected chi connectivity index (χ1v) is 13.5. The largest absolute Gasteiger partial charge is 0.490 e. The van der Waals surface area contributed by atoms with Crippen LogP contribution in [0, 0.1) is 0 Å². The second-order valence-electron chi connectivity index (χ2n) is 11.0. The molecular formula is C31H32N4O2. The molecule has 6 nitrogen and oxygen atoms in total. The number of hydrogen-bond donors (Lipinski definition) is 2. The molecule has 1 saturated carbocycles. The first-order chi connectivity index (χ1) is 18.1. The minimum atomic E-state index is -0.434. The zero-order chi connectivity index (χ0) is 24.9. The highest BCUT2D eigenvalue weighted by atomic mass is 16.5. The molecule has 1 amide bonds. The second kappa shape index (κ2) is 9.03. The van der Waals surface area contributed by atoms with Gasteiger partial charge in [0.15, 0.2) is 0 Å². The van der Waals surface area contributed by atoms with Crippen LogP contribution in [0.5, 0.6) is 5.75 Å². The topological polar surface area (TPSA) is 82.2 Å². The van der Waals surface area contributed by atoms with Gasteiger partial charge in [0, 0.05) is 28.6 Å². The van der Waals surface area contributed by atoms with Crippen LogP contribution in [0.3, 0.4) is 0 Å². The Bertz CT molecular complexity index is 1440. The lowest BCUT2D eigenvalue weighted by Gasteiger charge is -2.29. The summed E-state index contributed by atoms with van der Waals surface area (Å²) in [7, 11) is 0. The lowest BCUT2D eigenvalue weighted by molar-refractivity contribution is 0.100. The van der Waals surface area contributed by atoms with Gasteiger partial charge in [-0.1, -0.05) is 24.3 Å². The van der Waals surface area contributed by atoms with Crippen molar-refractivity contribution in [3.8, 4) is 17.0 Å². The molecule has 2 atom stereocenters. The fourth-order valence-electron chi connectivity index (χ4n) is 6.14. The number of hydrogen-bond acceptors (Lipinski definition) is 4. The maximum absolute atomic E-state index is 11.9. The second-order valence-corrected chi connectivity index (χ2v) is 11.0. The number of benzene rings is 3. The lowest BCUT2D eigenvalue weighted by atomic mass is 10.0. The Labute approximate surface area is 216 Å². The van der Waals surface area contributed by atoms with Crippen LogP contribution >= 0.6 is 0 Å². The molecule has 6 heteroatoms. The van der Waals surface area contributed by atoms with Crippen LogP contribution in [-0.4, -0.2) is 33.9 Å². The number of carbonyl (C=O) groups excluding carboxylic acids is 1. The zero-order valence-corrected chi connectivity index (χ0v) is 20.9. The van der Waals surface area contributed by atoms with Crippen LogP contribution in [0.1, 0.15) is 65.9 Å². The van der Waals surface area contributed by atoms with E-state index in [0.717, 1.165) is 46.7 Å². The average molecular weight is 493 g/mol. The summed E-state index contributed by atoms with van der Waals surface area (Å²) in [5.41, 5.74) is 11.6. The predicted molar refractivity (Wildman–Crippen MR) is 145 cm³/mol. The summed E-state index contributed by atoms with van der Waals surface area (Å²) in [5.74, 6) is 1.21. The third-order valence-corrected chi connectivity index (χ3v) is 8.26. The Morgan fingerprint density at radius 3 is 2.35 bits per heavy atom. The number of primary amides is 1. The van der Waals surface area contributed by atoms with Gasteiger partial charge < -0.3 is 15.8 Å². The molecule has 2 bridgehead atoms. The van der Waals surface area contributed by atoms with Gasteiger partial charge >= 0.3 is 0 Å². The van der Waals surface area contributed by atoms with Gasteiger partial charge in [-0.3, -0.25) is 9.48 Å². The summed E-state index contributed by atoms with van der Waals surface area (Å²) in [6, 6.07) is 23.9. The van der Waals surface area contributed by atoms with Gasteiger partial charge in [-0.2, -0.15) is 5.10 Å². The Morgan fingerprint density at radius 2 is 1.68 bits per heavy atom. The Hall–Kier alpha value is -3.64. The van der Waals surface area contributed by atoms with E-state index in [0.29, 0.717) is 24.2 Å². The monoisotopic (exact) mass is 492 g/mol. The van der Waals surface area contributed by atoms with Crippen molar-refractivity contribution in [3.63, 3.8) is 0 Å². The molecule has 7 rings (SSSR count). The van der Waals surface area contributed by atoms with E-state index >= 15 is 0 Å². The van der Waals surface area contributed by atoms with Gasteiger partial charge in [0.1, 0.15) is 17.5 Å². The first-order valence-electron chi connectivity index (χ1n) is 13.5. The van der Waals surface area contributed by atoms with Crippen molar-refractivity contribution in [2.45, 2.75) is 69.2 Å². The molecule has 4 aromatic rings. The molecule has 3 heterocycles. The number of rotatable bonds is 7. The van der Waals surface area contributed by atoms with Gasteiger partial charge in [-0.05, 0) is 98.0 Å². The fraction of sp³-hybridized carbons (Fsp3) is 0.355. The number of piperidine rings is 1. The smallest absolute Gasteiger partial charge is 0.248 e. The predicted octanol–water partition coefficient (Wildman–Crippen LogP) is 5.39. The van der Waals surface area contributed by atoms with Gasteiger partial charge in [-0.15, -0.1) is 0 Å². The summed E-state index contributed by atoms with van der Waals surface area (Å²) in [6.07, 6.45) is 7.55. The number of fused-ring (bicyclic) bond motifs is 3. The average Bonchev–Trinajstić information content (AvgIpc) is 3.63. The molecule has 3 aromatic carbocycles. The molecular weight excluding hydrogens is 460 g/mol. The van der Waals surface area contributed by atoms with Crippen LogP contribution in [0.4, 0.5) is 0 Å². The fourth-order valence-corrected chi connectivity index (χ4v) is 6.14. The van der Waals surface area contributed by atoms with E-state index in [-0.39, 0.29) is 6.10 Å². The van der Waals surface area contributed by atoms with E-state index in [1.165, 1.54) is 36.8 Å². The maximum Gasteiger partial charge on any atom is 0.248 e. The molecule has 2 aliphatic heterocycles. The molecule has 2 saturated heterocycles. The normalized spacial score (nSPS) is 22.9. The maximum atomic E-state index is 11.9. The van der Waals surface area contributed by atoms with Gasteiger partial charge in [-0.25, -0.2) is 0 Å². The van der Waals surface area contributed by atoms with Crippen molar-refractivity contribution < 1.29 is 9.53 Å². The number of nitrogens with two attached hydrogens (primary N) is 1. The van der Waals surface area contributed by atoms with Gasteiger partial charge in [0.05, 0.1) is 12.1 Å². The lowest BCUT2D eigenvalue weighted by Crippen LogP contribution is -2.42. The zero-order valence-electron chi connectivity index (χ0n) is 20.9. The van der Waals surface area contributed by atoms with E-state index < -0.39 is 5.91 Å². The van der Waals surface area contributed by atoms with Gasteiger partial charge in [0.2, 0.25) is 5.91 Å². The van der Waals surface area contributed by atoms with Crippen molar-refractivity contribution >= 4 is 16.8 Å². The van der Waals surface area contributed by atoms with Crippen molar-refractivity contribution in [2.75, 3.05) is 0 Å². The summed E-state index contributed by atoms with van der Waals surface area (Å²) < 4.78 is 8.38. The molecule has 3 aliphatic rings. The van der Waals surface area contributed by atoms with Crippen molar-refractivity contribution in [2.24, 2.45) is 5.73 Å². The number of nitrogens with zero attached hydrogens (tertiary/aromatic N) is 2. The van der Waals surface area contributed by atoms with Gasteiger partial charge in [0.25, 0.3) is 0 Å². The minimum absolute atomic E-state index is 0.272. The Morgan fingerprint density at radius 1 is 0.946 bits per heavy atom. The van der Waals surface area contributed by atoms with E-state index in [1.54, 1.807) is 6.07 Å². The number of amides is 1. The molecule has 1 aromatic heterocycles. The van der Waals surface area contributed by atoms with Crippen molar-refractivity contribution in [1.29, 1.82) is 0 Å². The molecule has 0 radical (unpaired) electrons. The molecule has 0 spiro atoms. The summed E-state index contributed by atoms with van der Waals surface area (Å²) in [4.78, 5) is 11.9. The van der Waals surface area contributed by atoms with Crippen LogP contribution in [0.15, 0.2) is 66.7 Å². The van der Waals surface area contributed by atoms with Crippen molar-refractivity contribution in [1.82, 2.24) is 15.1 Å². The molecule has 2 unspecified atom stereocenters. The van der Waals surface area contributed by atoms with E-state index in [1.807, 2.05) is 28.9 Å². The highest BCUT2D eigenvalue weighted by Crippen LogP contribution is 2.40. The Balaban J connectivity index is 1.18.